The molecule has 0 aliphatic rings. The van der Waals surface area contributed by atoms with E-state index in [1.165, 1.54) is 5.56 Å². The third-order valence-corrected chi connectivity index (χ3v) is 4.54. The average Bonchev–Trinajstić information content (AvgIpc) is 2.74. The Morgan fingerprint density at radius 3 is 2.84 bits per heavy atom. The number of anilines is 2. The van der Waals surface area contributed by atoms with Gasteiger partial charge in [0.25, 0.3) is 0 Å². The van der Waals surface area contributed by atoms with E-state index in [-0.39, 0.29) is 0 Å². The summed E-state index contributed by atoms with van der Waals surface area (Å²) in [5, 5.41) is 4.92. The fourth-order valence-corrected chi connectivity index (χ4v) is 3.54. The van der Waals surface area contributed by atoms with Crippen LogP contribution in [0.1, 0.15) is 5.56 Å². The number of aryl methyl sites for hydroxylation is 1. The highest BCUT2D eigenvalue weighted by Crippen LogP contribution is 2.32. The van der Waals surface area contributed by atoms with Gasteiger partial charge in [-0.05, 0) is 58.7 Å². The van der Waals surface area contributed by atoms with Gasteiger partial charge >= 0.3 is 0 Å². The van der Waals surface area contributed by atoms with E-state index in [0.29, 0.717) is 0 Å². The van der Waals surface area contributed by atoms with Crippen LogP contribution in [0.5, 0.6) is 0 Å². The molecule has 5 heteroatoms. The summed E-state index contributed by atoms with van der Waals surface area (Å²) in [6.45, 7) is 2.06. The topological polar surface area (TPSA) is 24.9 Å². The maximum Gasteiger partial charge on any atom is 0.188 e. The van der Waals surface area contributed by atoms with Crippen LogP contribution in [0.2, 0.25) is 5.02 Å². The molecule has 0 bridgehead atoms. The van der Waals surface area contributed by atoms with Gasteiger partial charge < -0.3 is 5.32 Å². The number of fused-ring (bicyclic) bond motifs is 1. The first-order valence-electron chi connectivity index (χ1n) is 5.71. The van der Waals surface area contributed by atoms with Crippen molar-refractivity contribution >= 4 is 59.9 Å². The van der Waals surface area contributed by atoms with E-state index in [9.17, 15) is 0 Å². The van der Waals surface area contributed by atoms with Gasteiger partial charge in [-0.3, -0.25) is 0 Å². The van der Waals surface area contributed by atoms with Crippen molar-refractivity contribution in [3.8, 4) is 0 Å². The lowest BCUT2D eigenvalue weighted by Crippen LogP contribution is -1.90. The summed E-state index contributed by atoms with van der Waals surface area (Å²) in [6.07, 6.45) is 0. The zero-order valence-electron chi connectivity index (χ0n) is 10.1. The summed E-state index contributed by atoms with van der Waals surface area (Å²) in [5.41, 5.74) is 3.18. The molecular weight excluding hydrogens is 344 g/mol. The molecule has 0 unspecified atom stereocenters. The zero-order valence-corrected chi connectivity index (χ0v) is 13.2. The van der Waals surface area contributed by atoms with E-state index in [0.717, 1.165) is 30.5 Å². The van der Waals surface area contributed by atoms with E-state index in [2.05, 4.69) is 45.3 Å². The van der Waals surface area contributed by atoms with Gasteiger partial charge in [0.15, 0.2) is 5.13 Å². The molecule has 0 saturated carbocycles. The van der Waals surface area contributed by atoms with E-state index >= 15 is 0 Å². The Balaban J connectivity index is 1.96. The lowest BCUT2D eigenvalue weighted by molar-refractivity contribution is 1.40. The third kappa shape index (κ3) is 2.76. The Kier molecular flexibility index (Phi) is 3.48. The Labute approximate surface area is 128 Å². The minimum Gasteiger partial charge on any atom is -0.331 e. The smallest absolute Gasteiger partial charge is 0.188 e. The summed E-state index contributed by atoms with van der Waals surface area (Å²) in [6, 6.07) is 11.9. The number of benzene rings is 2. The maximum atomic E-state index is 5.98. The second-order valence-corrected chi connectivity index (χ2v) is 6.56. The van der Waals surface area contributed by atoms with Gasteiger partial charge in [0, 0.05) is 9.50 Å². The first kappa shape index (κ1) is 12.9. The molecule has 96 valence electrons. The molecule has 0 atom stereocenters. The predicted molar refractivity (Wildman–Crippen MR) is 86.8 cm³/mol. The van der Waals surface area contributed by atoms with Gasteiger partial charge in [-0.2, -0.15) is 0 Å². The van der Waals surface area contributed by atoms with Crippen LogP contribution in [0.3, 0.4) is 0 Å². The van der Waals surface area contributed by atoms with Crippen LogP contribution in [0, 0.1) is 6.92 Å². The second-order valence-electron chi connectivity index (χ2n) is 4.24. The number of nitrogens with one attached hydrogen (secondary N) is 1. The van der Waals surface area contributed by atoms with Gasteiger partial charge in [0.05, 0.1) is 15.9 Å². The van der Waals surface area contributed by atoms with Crippen molar-refractivity contribution in [2.24, 2.45) is 0 Å². The van der Waals surface area contributed by atoms with E-state index in [4.69, 9.17) is 11.6 Å². The lowest BCUT2D eigenvalue weighted by atomic mass is 10.2. The first-order valence-corrected chi connectivity index (χ1v) is 7.70. The quantitative estimate of drug-likeness (QED) is 0.633. The van der Waals surface area contributed by atoms with Gasteiger partial charge in [0.2, 0.25) is 0 Å². The van der Waals surface area contributed by atoms with Crippen molar-refractivity contribution in [2.45, 2.75) is 6.92 Å². The fourth-order valence-electron chi connectivity index (χ4n) is 1.79. The molecule has 0 aliphatic carbocycles. The summed E-state index contributed by atoms with van der Waals surface area (Å²) < 4.78 is 2.11. The zero-order chi connectivity index (χ0) is 13.4. The number of halogens is 2. The number of aromatic nitrogens is 1. The Morgan fingerprint density at radius 1 is 1.21 bits per heavy atom. The molecule has 0 aliphatic heterocycles. The molecule has 0 fully saturated rings. The highest BCUT2D eigenvalue weighted by molar-refractivity contribution is 9.10. The highest BCUT2D eigenvalue weighted by atomic mass is 79.9. The minimum absolute atomic E-state index is 0.735. The van der Waals surface area contributed by atoms with Gasteiger partial charge in [-0.25, -0.2) is 4.98 Å². The summed E-state index contributed by atoms with van der Waals surface area (Å²) >= 11 is 11.1. The number of thiazole rings is 1. The van der Waals surface area contributed by atoms with Crippen molar-refractivity contribution in [3.05, 3.63) is 51.5 Å². The van der Waals surface area contributed by atoms with E-state index in [1.807, 2.05) is 24.3 Å². The first-order chi connectivity index (χ1) is 9.11. The molecule has 1 heterocycles. The summed E-state index contributed by atoms with van der Waals surface area (Å²) in [5.74, 6) is 0. The molecule has 0 amide bonds. The standard InChI is InChI=1S/C14H10BrClN2S/c1-8-2-4-11(10(15)6-8)17-14-18-12-5-3-9(16)7-13(12)19-14/h2-7H,1H3,(H,17,18). The van der Waals surface area contributed by atoms with Gasteiger partial charge in [-0.1, -0.05) is 29.0 Å². The van der Waals surface area contributed by atoms with Crippen LogP contribution in [0.25, 0.3) is 10.2 Å². The van der Waals surface area contributed by atoms with Crippen molar-refractivity contribution in [3.63, 3.8) is 0 Å². The molecule has 3 rings (SSSR count). The lowest BCUT2D eigenvalue weighted by Gasteiger charge is -2.05. The molecule has 3 aromatic rings. The van der Waals surface area contributed by atoms with Crippen LogP contribution in [-0.4, -0.2) is 4.98 Å². The summed E-state index contributed by atoms with van der Waals surface area (Å²) in [4.78, 5) is 4.54. The molecule has 0 spiro atoms. The SMILES string of the molecule is Cc1ccc(Nc2nc3ccc(Cl)cc3s2)c(Br)c1. The van der Waals surface area contributed by atoms with Crippen molar-refractivity contribution < 1.29 is 0 Å². The van der Waals surface area contributed by atoms with Crippen molar-refractivity contribution in [2.75, 3.05) is 5.32 Å². The van der Waals surface area contributed by atoms with Crippen LogP contribution < -0.4 is 5.32 Å². The van der Waals surface area contributed by atoms with Crippen LogP contribution in [0.4, 0.5) is 10.8 Å². The number of hydrogen-bond donors (Lipinski definition) is 1. The molecule has 0 saturated heterocycles. The predicted octanol–water partition coefficient (Wildman–Crippen LogP) is 5.76. The Hall–Kier alpha value is -1.10. The molecule has 1 N–H and O–H groups in total. The highest BCUT2D eigenvalue weighted by Gasteiger charge is 2.06. The van der Waals surface area contributed by atoms with Crippen LogP contribution in [0.15, 0.2) is 40.9 Å². The Morgan fingerprint density at radius 2 is 2.05 bits per heavy atom. The van der Waals surface area contributed by atoms with Crippen LogP contribution >= 0.6 is 38.9 Å². The van der Waals surface area contributed by atoms with Crippen molar-refractivity contribution in [1.29, 1.82) is 0 Å². The number of rotatable bonds is 2. The van der Waals surface area contributed by atoms with Crippen molar-refractivity contribution in [1.82, 2.24) is 4.98 Å². The molecule has 2 nitrogen and oxygen atoms in total. The van der Waals surface area contributed by atoms with Gasteiger partial charge in [0.1, 0.15) is 0 Å². The van der Waals surface area contributed by atoms with Gasteiger partial charge in [-0.15, -0.1) is 0 Å². The third-order valence-electron chi connectivity index (χ3n) is 2.72. The minimum atomic E-state index is 0.735. The molecule has 1 aromatic heterocycles. The summed E-state index contributed by atoms with van der Waals surface area (Å²) in [7, 11) is 0. The Bertz CT molecular complexity index is 754. The second kappa shape index (κ2) is 5.12. The average molecular weight is 354 g/mol. The fraction of sp³-hybridized carbons (Fsp3) is 0.0714. The van der Waals surface area contributed by atoms with E-state index < -0.39 is 0 Å². The molecular formula is C14H10BrClN2S. The monoisotopic (exact) mass is 352 g/mol. The molecule has 19 heavy (non-hydrogen) atoms. The number of nitrogens with zero attached hydrogens (tertiary/aromatic N) is 1. The van der Waals surface area contributed by atoms with Crippen LogP contribution in [-0.2, 0) is 0 Å². The molecule has 0 radical (unpaired) electrons. The maximum absolute atomic E-state index is 5.98. The normalized spacial score (nSPS) is 10.9. The number of hydrogen-bond acceptors (Lipinski definition) is 3. The van der Waals surface area contributed by atoms with E-state index in [1.54, 1.807) is 11.3 Å². The molecule has 2 aromatic carbocycles. The largest absolute Gasteiger partial charge is 0.331 e.